The second kappa shape index (κ2) is 6.84. The summed E-state index contributed by atoms with van der Waals surface area (Å²) in [5.74, 6) is 0. The number of hydrogen-bond donors (Lipinski definition) is 0. The van der Waals surface area contributed by atoms with Crippen LogP contribution in [0.25, 0.3) is 10.8 Å². The molecule has 0 saturated carbocycles. The molecule has 0 N–H and O–H groups in total. The molecular weight excluding hydrogens is 290 g/mol. The number of benzene rings is 2. The van der Waals surface area contributed by atoms with Gasteiger partial charge in [-0.25, -0.2) is 0 Å². The van der Waals surface area contributed by atoms with Crippen LogP contribution in [0.15, 0.2) is 70.7 Å². The van der Waals surface area contributed by atoms with E-state index in [0.717, 1.165) is 39.3 Å². The summed E-state index contributed by atoms with van der Waals surface area (Å²) < 4.78 is 1.03. The zero-order chi connectivity index (χ0) is 15.4. The minimum Gasteiger partial charge on any atom is -0.618 e. The van der Waals surface area contributed by atoms with Gasteiger partial charge in [0.15, 0.2) is 6.20 Å². The van der Waals surface area contributed by atoms with Crippen LogP contribution in [0.3, 0.4) is 0 Å². The van der Waals surface area contributed by atoms with Gasteiger partial charge in [-0.05, 0) is 48.2 Å². The predicted octanol–water partition coefficient (Wildman–Crippen LogP) is 4.97. The maximum absolute atomic E-state index is 12.5. The summed E-state index contributed by atoms with van der Waals surface area (Å²) >= 11 is 1.56. The number of unbranched alkanes of at least 4 members (excludes halogenated alkanes) is 1. The minimum atomic E-state index is 0.804. The van der Waals surface area contributed by atoms with Crippen molar-refractivity contribution in [2.24, 2.45) is 0 Å². The maximum Gasteiger partial charge on any atom is 0.260 e. The van der Waals surface area contributed by atoms with Crippen molar-refractivity contribution < 1.29 is 4.73 Å². The van der Waals surface area contributed by atoms with Crippen LogP contribution in [0, 0.1) is 5.21 Å². The Kier molecular flexibility index (Phi) is 4.64. The molecule has 0 aliphatic heterocycles. The van der Waals surface area contributed by atoms with E-state index in [-0.39, 0.29) is 0 Å². The molecule has 0 fully saturated rings. The summed E-state index contributed by atoms with van der Waals surface area (Å²) in [7, 11) is 0. The van der Waals surface area contributed by atoms with E-state index in [1.807, 2.05) is 48.5 Å². The van der Waals surface area contributed by atoms with Crippen LogP contribution < -0.4 is 4.73 Å². The lowest BCUT2D eigenvalue weighted by Gasteiger charge is -2.12. The van der Waals surface area contributed by atoms with Crippen LogP contribution in [0.4, 0.5) is 0 Å². The Morgan fingerprint density at radius 2 is 1.73 bits per heavy atom. The average Bonchev–Trinajstić information content (AvgIpc) is 2.55. The van der Waals surface area contributed by atoms with Crippen molar-refractivity contribution in [2.45, 2.75) is 36.1 Å². The Labute approximate surface area is 135 Å². The number of aromatic nitrogens is 1. The van der Waals surface area contributed by atoms with E-state index in [1.165, 1.54) is 10.9 Å². The lowest BCUT2D eigenvalue weighted by atomic mass is 10.0. The minimum absolute atomic E-state index is 0.804. The van der Waals surface area contributed by atoms with Crippen LogP contribution in [-0.2, 0) is 6.42 Å². The highest BCUT2D eigenvalue weighted by atomic mass is 32.2. The van der Waals surface area contributed by atoms with Gasteiger partial charge in [-0.15, -0.1) is 0 Å². The molecule has 0 bridgehead atoms. The smallest absolute Gasteiger partial charge is 0.260 e. The number of pyridine rings is 1. The van der Waals surface area contributed by atoms with E-state index in [0.29, 0.717) is 0 Å². The number of aryl methyl sites for hydroxylation is 1. The van der Waals surface area contributed by atoms with E-state index < -0.39 is 0 Å². The quantitative estimate of drug-likeness (QED) is 0.491. The number of fused-ring (bicyclic) bond motifs is 1. The van der Waals surface area contributed by atoms with Gasteiger partial charge in [0.1, 0.15) is 0 Å². The molecule has 1 heterocycles. The second-order valence-electron chi connectivity index (χ2n) is 5.34. The standard InChI is InChI=1S/C19H19NOS/c1-2-3-12-18-17-13-8-7-9-15(17)14-20(21)19(18)22-16-10-5-4-6-11-16/h4-11,13-14H,2-3,12H2,1H3. The number of hydrogen-bond acceptors (Lipinski definition) is 2. The monoisotopic (exact) mass is 309 g/mol. The van der Waals surface area contributed by atoms with E-state index in [2.05, 4.69) is 13.0 Å². The number of rotatable bonds is 5. The van der Waals surface area contributed by atoms with Crippen LogP contribution in [-0.4, -0.2) is 0 Å². The Morgan fingerprint density at radius 3 is 2.50 bits per heavy atom. The number of nitrogens with zero attached hydrogens (tertiary/aromatic N) is 1. The van der Waals surface area contributed by atoms with Crippen LogP contribution >= 0.6 is 11.8 Å². The van der Waals surface area contributed by atoms with Crippen molar-refractivity contribution in [2.75, 3.05) is 0 Å². The SMILES string of the molecule is CCCCc1c(Sc2ccccc2)[n+]([O-])cc2ccccc12. The zero-order valence-corrected chi connectivity index (χ0v) is 13.5. The molecule has 3 rings (SSSR count). The molecule has 0 spiro atoms. The molecular formula is C19H19NOS. The Hall–Kier alpha value is -2.00. The van der Waals surface area contributed by atoms with E-state index in [9.17, 15) is 5.21 Å². The summed E-state index contributed by atoms with van der Waals surface area (Å²) in [6, 6.07) is 18.3. The molecule has 0 unspecified atom stereocenters. The van der Waals surface area contributed by atoms with Crippen molar-refractivity contribution in [3.8, 4) is 0 Å². The van der Waals surface area contributed by atoms with Gasteiger partial charge < -0.3 is 5.21 Å². The Balaban J connectivity index is 2.12. The molecule has 0 aliphatic carbocycles. The van der Waals surface area contributed by atoms with Gasteiger partial charge >= 0.3 is 0 Å². The first-order valence-corrected chi connectivity index (χ1v) is 8.48. The largest absolute Gasteiger partial charge is 0.618 e. The molecule has 3 heteroatoms. The molecule has 22 heavy (non-hydrogen) atoms. The van der Waals surface area contributed by atoms with Crippen molar-refractivity contribution in [1.82, 2.24) is 0 Å². The van der Waals surface area contributed by atoms with Gasteiger partial charge in [-0.2, -0.15) is 4.73 Å². The van der Waals surface area contributed by atoms with Gasteiger partial charge in [0.2, 0.25) is 0 Å². The topological polar surface area (TPSA) is 26.9 Å². The molecule has 0 saturated heterocycles. The molecule has 1 aromatic heterocycles. The third-order valence-electron chi connectivity index (χ3n) is 3.74. The first kappa shape index (κ1) is 14.9. The van der Waals surface area contributed by atoms with Crippen molar-refractivity contribution in [3.05, 3.63) is 71.6 Å². The summed E-state index contributed by atoms with van der Waals surface area (Å²) in [6.07, 6.45) is 4.85. The molecule has 112 valence electrons. The van der Waals surface area contributed by atoms with Crippen LogP contribution in [0.5, 0.6) is 0 Å². The molecule has 0 aliphatic rings. The third kappa shape index (κ3) is 3.09. The Bertz CT molecular complexity index is 771. The fourth-order valence-electron chi connectivity index (χ4n) is 2.62. The fraction of sp³-hybridized carbons (Fsp3) is 0.211. The molecule has 2 nitrogen and oxygen atoms in total. The van der Waals surface area contributed by atoms with Crippen LogP contribution in [0.2, 0.25) is 0 Å². The highest BCUT2D eigenvalue weighted by Crippen LogP contribution is 2.32. The van der Waals surface area contributed by atoms with Crippen molar-refractivity contribution >= 4 is 22.5 Å². The summed E-state index contributed by atoms with van der Waals surface area (Å²) in [5.41, 5.74) is 1.17. The third-order valence-corrected chi connectivity index (χ3v) is 4.87. The van der Waals surface area contributed by atoms with Gasteiger partial charge in [0.05, 0.1) is 0 Å². The van der Waals surface area contributed by atoms with Gasteiger partial charge in [-0.1, -0.05) is 49.7 Å². The highest BCUT2D eigenvalue weighted by molar-refractivity contribution is 7.99. The van der Waals surface area contributed by atoms with Crippen molar-refractivity contribution in [1.29, 1.82) is 0 Å². The second-order valence-corrected chi connectivity index (χ2v) is 6.41. The molecule has 3 aromatic rings. The summed E-state index contributed by atoms with van der Waals surface area (Å²) in [5, 5.41) is 15.5. The lowest BCUT2D eigenvalue weighted by molar-refractivity contribution is -0.644. The average molecular weight is 309 g/mol. The fourth-order valence-corrected chi connectivity index (χ4v) is 3.61. The molecule has 0 radical (unpaired) electrons. The normalized spacial score (nSPS) is 11.0. The van der Waals surface area contributed by atoms with E-state index in [4.69, 9.17) is 0 Å². The van der Waals surface area contributed by atoms with Gasteiger partial charge in [0.25, 0.3) is 5.03 Å². The highest BCUT2D eigenvalue weighted by Gasteiger charge is 2.18. The first-order valence-electron chi connectivity index (χ1n) is 7.66. The summed E-state index contributed by atoms with van der Waals surface area (Å²) in [4.78, 5) is 1.10. The van der Waals surface area contributed by atoms with Crippen molar-refractivity contribution in [3.63, 3.8) is 0 Å². The molecule has 0 amide bonds. The van der Waals surface area contributed by atoms with Gasteiger partial charge in [0, 0.05) is 15.8 Å². The molecule has 2 aromatic carbocycles. The van der Waals surface area contributed by atoms with E-state index in [1.54, 1.807) is 18.0 Å². The predicted molar refractivity (Wildman–Crippen MR) is 92.1 cm³/mol. The summed E-state index contributed by atoms with van der Waals surface area (Å²) in [6.45, 7) is 2.18. The first-order chi connectivity index (χ1) is 10.8. The lowest BCUT2D eigenvalue weighted by Crippen LogP contribution is -2.30. The van der Waals surface area contributed by atoms with Gasteiger partial charge in [-0.3, -0.25) is 0 Å². The zero-order valence-electron chi connectivity index (χ0n) is 12.7. The Morgan fingerprint density at radius 1 is 1.00 bits per heavy atom. The van der Waals surface area contributed by atoms with E-state index >= 15 is 0 Å². The maximum atomic E-state index is 12.5. The molecule has 0 atom stereocenters. The van der Waals surface area contributed by atoms with Crippen LogP contribution in [0.1, 0.15) is 25.3 Å².